The molecule has 1 amide bonds. The summed E-state index contributed by atoms with van der Waals surface area (Å²) in [6, 6.07) is 17.3. The Bertz CT molecular complexity index is 613. The van der Waals surface area contributed by atoms with Crippen molar-refractivity contribution < 1.29 is 4.79 Å². The van der Waals surface area contributed by atoms with Crippen LogP contribution in [0.25, 0.3) is 0 Å². The second kappa shape index (κ2) is 8.01. The van der Waals surface area contributed by atoms with Gasteiger partial charge in [0.1, 0.15) is 0 Å². The van der Waals surface area contributed by atoms with Crippen LogP contribution in [0.1, 0.15) is 31.9 Å². The number of nitrogens with two attached hydrogens (primary N) is 1. The third kappa shape index (κ3) is 4.90. The quantitative estimate of drug-likeness (QED) is 0.785. The van der Waals surface area contributed by atoms with Gasteiger partial charge in [-0.2, -0.15) is 0 Å². The summed E-state index contributed by atoms with van der Waals surface area (Å²) in [4.78, 5) is 13.3. The van der Waals surface area contributed by atoms with E-state index >= 15 is 0 Å². The number of para-hydroxylation sites is 1. The zero-order valence-corrected chi connectivity index (χ0v) is 13.8. The molecule has 1 unspecified atom stereocenters. The van der Waals surface area contributed by atoms with Crippen LogP contribution in [-0.2, 0) is 4.79 Å². The van der Waals surface area contributed by atoms with Gasteiger partial charge in [0.15, 0.2) is 0 Å². The number of thioether (sulfide) groups is 1. The summed E-state index contributed by atoms with van der Waals surface area (Å²) in [5.41, 5.74) is 7.93. The summed E-state index contributed by atoms with van der Waals surface area (Å²) in [5.74, 6) is -0.0619. The summed E-state index contributed by atoms with van der Waals surface area (Å²) in [7, 11) is 0. The van der Waals surface area contributed by atoms with Crippen LogP contribution in [0.3, 0.4) is 0 Å². The lowest BCUT2D eigenvalue weighted by Crippen LogP contribution is -2.20. The van der Waals surface area contributed by atoms with Crippen molar-refractivity contribution in [2.75, 3.05) is 5.32 Å². The van der Waals surface area contributed by atoms with Crippen LogP contribution in [0.15, 0.2) is 59.5 Å². The molecular weight excluding hydrogens is 292 g/mol. The van der Waals surface area contributed by atoms with Gasteiger partial charge in [-0.3, -0.25) is 4.79 Å². The van der Waals surface area contributed by atoms with Gasteiger partial charge in [-0.15, -0.1) is 11.8 Å². The summed E-state index contributed by atoms with van der Waals surface area (Å²) in [6.07, 6.45) is 0.269. The molecule has 0 radical (unpaired) electrons. The zero-order chi connectivity index (χ0) is 15.9. The number of benzene rings is 2. The largest absolute Gasteiger partial charge is 0.325 e. The van der Waals surface area contributed by atoms with E-state index < -0.39 is 0 Å². The van der Waals surface area contributed by atoms with Gasteiger partial charge < -0.3 is 11.1 Å². The number of carbonyl (C=O) groups is 1. The van der Waals surface area contributed by atoms with E-state index in [0.29, 0.717) is 5.25 Å². The van der Waals surface area contributed by atoms with E-state index in [4.69, 9.17) is 5.73 Å². The molecule has 1 atom stereocenters. The Balaban J connectivity index is 2.00. The summed E-state index contributed by atoms with van der Waals surface area (Å²) in [6.45, 7) is 4.27. The van der Waals surface area contributed by atoms with Gasteiger partial charge in [-0.1, -0.05) is 56.3 Å². The summed E-state index contributed by atoms with van der Waals surface area (Å²) in [5, 5.41) is 3.44. The van der Waals surface area contributed by atoms with E-state index in [1.807, 2.05) is 54.6 Å². The van der Waals surface area contributed by atoms with Gasteiger partial charge in [0.05, 0.1) is 5.69 Å². The van der Waals surface area contributed by atoms with Gasteiger partial charge >= 0.3 is 0 Å². The third-order valence-electron chi connectivity index (χ3n) is 3.16. The Morgan fingerprint density at radius 1 is 1.09 bits per heavy atom. The van der Waals surface area contributed by atoms with E-state index in [0.717, 1.165) is 16.1 Å². The number of anilines is 1. The van der Waals surface area contributed by atoms with E-state index in [1.54, 1.807) is 11.8 Å². The fraction of sp³-hybridized carbons (Fsp3) is 0.278. The van der Waals surface area contributed by atoms with E-state index in [1.165, 1.54) is 0 Å². The molecule has 3 nitrogen and oxygen atoms in total. The molecule has 0 saturated carbocycles. The zero-order valence-electron chi connectivity index (χ0n) is 13.0. The topological polar surface area (TPSA) is 55.1 Å². The van der Waals surface area contributed by atoms with Crippen molar-refractivity contribution in [2.45, 2.75) is 36.5 Å². The SMILES string of the molecule is CC(C)Sc1ccccc1NC(=O)CC(N)c1ccccc1. The lowest BCUT2D eigenvalue weighted by molar-refractivity contribution is -0.116. The van der Waals surface area contributed by atoms with Crippen LogP contribution in [0.4, 0.5) is 5.69 Å². The smallest absolute Gasteiger partial charge is 0.226 e. The van der Waals surface area contributed by atoms with Gasteiger partial charge in [0, 0.05) is 22.6 Å². The first-order valence-electron chi connectivity index (χ1n) is 7.42. The summed E-state index contributed by atoms with van der Waals surface area (Å²) < 4.78 is 0. The first kappa shape index (κ1) is 16.6. The number of hydrogen-bond donors (Lipinski definition) is 2. The van der Waals surface area contributed by atoms with Gasteiger partial charge in [-0.05, 0) is 17.7 Å². The fourth-order valence-corrected chi connectivity index (χ4v) is 3.06. The number of nitrogens with one attached hydrogen (secondary N) is 1. The van der Waals surface area contributed by atoms with Gasteiger partial charge in [-0.25, -0.2) is 0 Å². The Morgan fingerprint density at radius 3 is 2.41 bits per heavy atom. The van der Waals surface area contributed by atoms with Crippen LogP contribution < -0.4 is 11.1 Å². The molecule has 116 valence electrons. The van der Waals surface area contributed by atoms with Crippen molar-refractivity contribution in [3.8, 4) is 0 Å². The molecule has 0 heterocycles. The second-order valence-electron chi connectivity index (χ2n) is 5.43. The highest BCUT2D eigenvalue weighted by molar-refractivity contribution is 8.00. The number of carbonyl (C=O) groups excluding carboxylic acids is 1. The molecule has 0 spiro atoms. The van der Waals surface area contributed by atoms with Crippen molar-refractivity contribution >= 4 is 23.4 Å². The molecule has 0 saturated heterocycles. The maximum atomic E-state index is 12.2. The van der Waals surface area contributed by atoms with Crippen LogP contribution in [0.5, 0.6) is 0 Å². The van der Waals surface area contributed by atoms with Crippen LogP contribution in [0.2, 0.25) is 0 Å². The predicted octanol–water partition coefficient (Wildman–Crippen LogP) is 4.22. The van der Waals surface area contributed by atoms with Crippen molar-refractivity contribution in [3.05, 3.63) is 60.2 Å². The number of rotatable bonds is 6. The molecule has 0 aliphatic rings. The minimum Gasteiger partial charge on any atom is -0.325 e. The molecule has 4 heteroatoms. The maximum Gasteiger partial charge on any atom is 0.226 e. The second-order valence-corrected chi connectivity index (χ2v) is 7.05. The fourth-order valence-electron chi connectivity index (χ4n) is 2.15. The molecule has 22 heavy (non-hydrogen) atoms. The molecule has 0 aliphatic carbocycles. The highest BCUT2D eigenvalue weighted by Gasteiger charge is 2.13. The van der Waals surface area contributed by atoms with Crippen LogP contribution >= 0.6 is 11.8 Å². The molecule has 2 aromatic rings. The summed E-state index contributed by atoms with van der Waals surface area (Å²) >= 11 is 1.74. The van der Waals surface area contributed by atoms with Crippen LogP contribution in [0, 0.1) is 0 Å². The molecule has 0 aliphatic heterocycles. The van der Waals surface area contributed by atoms with E-state index in [-0.39, 0.29) is 18.4 Å². The molecule has 0 fully saturated rings. The number of hydrogen-bond acceptors (Lipinski definition) is 3. The van der Waals surface area contributed by atoms with Crippen molar-refractivity contribution in [1.82, 2.24) is 0 Å². The van der Waals surface area contributed by atoms with Gasteiger partial charge in [0.2, 0.25) is 5.91 Å². The standard InChI is InChI=1S/C18H22N2OS/c1-13(2)22-17-11-7-6-10-16(17)20-18(21)12-15(19)14-8-4-3-5-9-14/h3-11,13,15H,12,19H2,1-2H3,(H,20,21). The molecule has 0 aromatic heterocycles. The lowest BCUT2D eigenvalue weighted by Gasteiger charge is -2.15. The van der Waals surface area contributed by atoms with E-state index in [2.05, 4.69) is 19.2 Å². The molecule has 0 bridgehead atoms. The van der Waals surface area contributed by atoms with Gasteiger partial charge in [0.25, 0.3) is 0 Å². The Morgan fingerprint density at radius 2 is 1.73 bits per heavy atom. The maximum absolute atomic E-state index is 12.2. The minimum atomic E-state index is -0.286. The number of amides is 1. The Labute approximate surface area is 136 Å². The monoisotopic (exact) mass is 314 g/mol. The Kier molecular flexibility index (Phi) is 6.04. The highest BCUT2D eigenvalue weighted by atomic mass is 32.2. The average Bonchev–Trinajstić information content (AvgIpc) is 2.49. The minimum absolute atomic E-state index is 0.0619. The third-order valence-corrected chi connectivity index (χ3v) is 4.24. The predicted molar refractivity (Wildman–Crippen MR) is 94.1 cm³/mol. The van der Waals surface area contributed by atoms with Crippen molar-refractivity contribution in [3.63, 3.8) is 0 Å². The normalized spacial score (nSPS) is 12.2. The molecule has 2 aromatic carbocycles. The van der Waals surface area contributed by atoms with Crippen molar-refractivity contribution in [1.29, 1.82) is 0 Å². The van der Waals surface area contributed by atoms with E-state index in [9.17, 15) is 4.79 Å². The lowest BCUT2D eigenvalue weighted by atomic mass is 10.0. The first-order valence-corrected chi connectivity index (χ1v) is 8.30. The highest BCUT2D eigenvalue weighted by Crippen LogP contribution is 2.30. The molecule has 2 rings (SSSR count). The van der Waals surface area contributed by atoms with Crippen molar-refractivity contribution in [2.24, 2.45) is 5.73 Å². The average molecular weight is 314 g/mol. The van der Waals surface area contributed by atoms with Crippen LogP contribution in [-0.4, -0.2) is 11.2 Å². The first-order chi connectivity index (χ1) is 10.6. The Hall–Kier alpha value is -1.78. The molecule has 3 N–H and O–H groups in total. The molecular formula is C18H22N2OS.